The third-order valence-corrected chi connectivity index (χ3v) is 4.51. The first-order valence-electron chi connectivity index (χ1n) is 7.16. The molecule has 3 unspecified atom stereocenters. The predicted molar refractivity (Wildman–Crippen MR) is 77.2 cm³/mol. The minimum Gasteiger partial charge on any atom is -0.380 e. The van der Waals surface area contributed by atoms with Gasteiger partial charge < -0.3 is 10.1 Å². The highest BCUT2D eigenvalue weighted by molar-refractivity contribution is 5.76. The largest absolute Gasteiger partial charge is 0.380 e. The maximum Gasteiger partial charge on any atom is 0.220 e. The molecule has 0 bridgehead atoms. The standard InChI is InChI=1S/C15H25N3O2/c1-10-13(15(2,3)14(10)20-5)17-12(19)7-6-11-8-16-18(4)9-11/h8-10,13-14H,6-7H2,1-5H3,(H,17,19). The van der Waals surface area contributed by atoms with E-state index in [2.05, 4.69) is 31.2 Å². The maximum absolute atomic E-state index is 12.1. The van der Waals surface area contributed by atoms with Crippen molar-refractivity contribution in [3.8, 4) is 0 Å². The van der Waals surface area contributed by atoms with Crippen LogP contribution in [0.5, 0.6) is 0 Å². The number of aromatic nitrogens is 2. The third-order valence-electron chi connectivity index (χ3n) is 4.51. The Hall–Kier alpha value is -1.36. The van der Waals surface area contributed by atoms with Gasteiger partial charge in [0.2, 0.25) is 5.91 Å². The molecule has 112 valence electrons. The Morgan fingerprint density at radius 1 is 1.55 bits per heavy atom. The van der Waals surface area contributed by atoms with Gasteiger partial charge in [-0.15, -0.1) is 0 Å². The van der Waals surface area contributed by atoms with E-state index in [1.165, 1.54) is 0 Å². The molecule has 1 aromatic rings. The highest BCUT2D eigenvalue weighted by Crippen LogP contribution is 2.46. The number of methoxy groups -OCH3 is 1. The lowest BCUT2D eigenvalue weighted by Crippen LogP contribution is -2.67. The van der Waals surface area contributed by atoms with Crippen LogP contribution in [0.1, 0.15) is 32.8 Å². The molecule has 5 heteroatoms. The van der Waals surface area contributed by atoms with Gasteiger partial charge in [-0.25, -0.2) is 0 Å². The Kier molecular flexibility index (Phi) is 4.18. The molecule has 0 saturated heterocycles. The van der Waals surface area contributed by atoms with Crippen molar-refractivity contribution in [3.63, 3.8) is 0 Å². The van der Waals surface area contributed by atoms with Crippen molar-refractivity contribution in [2.45, 2.75) is 45.8 Å². The van der Waals surface area contributed by atoms with Crippen molar-refractivity contribution in [2.75, 3.05) is 7.11 Å². The molecule has 0 radical (unpaired) electrons. The average Bonchev–Trinajstić information content (AvgIpc) is 2.79. The van der Waals surface area contributed by atoms with E-state index in [1.54, 1.807) is 11.8 Å². The second-order valence-corrected chi connectivity index (χ2v) is 6.40. The Morgan fingerprint density at radius 3 is 2.75 bits per heavy atom. The van der Waals surface area contributed by atoms with E-state index < -0.39 is 0 Å². The highest BCUT2D eigenvalue weighted by atomic mass is 16.5. The Morgan fingerprint density at radius 2 is 2.25 bits per heavy atom. The van der Waals surface area contributed by atoms with Crippen LogP contribution in [-0.4, -0.2) is 34.9 Å². The number of hydrogen-bond acceptors (Lipinski definition) is 3. The Bertz CT molecular complexity index is 481. The first-order chi connectivity index (χ1) is 9.36. The number of carbonyl (C=O) groups is 1. The molecule has 1 amide bonds. The molecule has 1 heterocycles. The quantitative estimate of drug-likeness (QED) is 0.889. The number of hydrogen-bond donors (Lipinski definition) is 1. The number of nitrogens with one attached hydrogen (secondary N) is 1. The molecular weight excluding hydrogens is 254 g/mol. The maximum atomic E-state index is 12.1. The van der Waals surface area contributed by atoms with E-state index in [9.17, 15) is 4.79 Å². The third kappa shape index (κ3) is 2.73. The molecule has 0 aliphatic heterocycles. The number of rotatable bonds is 5. The molecule has 1 fully saturated rings. The summed E-state index contributed by atoms with van der Waals surface area (Å²) in [6, 6.07) is 0.189. The van der Waals surface area contributed by atoms with Gasteiger partial charge in [-0.2, -0.15) is 5.10 Å². The summed E-state index contributed by atoms with van der Waals surface area (Å²) in [6.07, 6.45) is 5.21. The van der Waals surface area contributed by atoms with Crippen LogP contribution in [0, 0.1) is 11.3 Å². The zero-order chi connectivity index (χ0) is 14.9. The average molecular weight is 279 g/mol. The minimum atomic E-state index is -0.00186. The van der Waals surface area contributed by atoms with Crippen LogP contribution < -0.4 is 5.32 Å². The van der Waals surface area contributed by atoms with E-state index in [1.807, 2.05) is 19.4 Å². The van der Waals surface area contributed by atoms with Crippen molar-refractivity contribution in [1.29, 1.82) is 0 Å². The van der Waals surface area contributed by atoms with E-state index in [4.69, 9.17) is 4.74 Å². The van der Waals surface area contributed by atoms with Gasteiger partial charge in [0, 0.05) is 44.1 Å². The number of carbonyl (C=O) groups excluding carboxylic acids is 1. The zero-order valence-electron chi connectivity index (χ0n) is 13.0. The van der Waals surface area contributed by atoms with Gasteiger partial charge >= 0.3 is 0 Å². The fourth-order valence-corrected chi connectivity index (χ4v) is 3.53. The predicted octanol–water partition coefficient (Wildman–Crippen LogP) is 1.53. The lowest BCUT2D eigenvalue weighted by Gasteiger charge is -2.56. The molecule has 1 aromatic heterocycles. The molecule has 3 atom stereocenters. The summed E-state index contributed by atoms with van der Waals surface area (Å²) < 4.78 is 7.25. The van der Waals surface area contributed by atoms with Crippen LogP contribution in [0.15, 0.2) is 12.4 Å². The van der Waals surface area contributed by atoms with Gasteiger partial charge in [0.05, 0.1) is 12.3 Å². The molecule has 1 aliphatic rings. The highest BCUT2D eigenvalue weighted by Gasteiger charge is 2.55. The second kappa shape index (κ2) is 5.56. The molecule has 20 heavy (non-hydrogen) atoms. The van der Waals surface area contributed by atoms with Crippen LogP contribution in [-0.2, 0) is 23.0 Å². The van der Waals surface area contributed by atoms with Gasteiger partial charge in [0.15, 0.2) is 0 Å². The minimum absolute atomic E-state index is 0.00186. The number of nitrogens with zero attached hydrogens (tertiary/aromatic N) is 2. The van der Waals surface area contributed by atoms with Crippen LogP contribution in [0.25, 0.3) is 0 Å². The summed E-state index contributed by atoms with van der Waals surface area (Å²) in [5, 5.41) is 7.26. The number of aryl methyl sites for hydroxylation is 2. The normalized spacial score (nSPS) is 27.9. The van der Waals surface area contributed by atoms with E-state index >= 15 is 0 Å². The van der Waals surface area contributed by atoms with Crippen molar-refractivity contribution in [1.82, 2.24) is 15.1 Å². The van der Waals surface area contributed by atoms with Crippen molar-refractivity contribution in [3.05, 3.63) is 18.0 Å². The molecule has 0 aromatic carbocycles. The van der Waals surface area contributed by atoms with E-state index in [-0.39, 0.29) is 23.5 Å². The van der Waals surface area contributed by atoms with Gasteiger partial charge in [0.1, 0.15) is 0 Å². The fraction of sp³-hybridized carbons (Fsp3) is 0.733. The summed E-state index contributed by atoms with van der Waals surface area (Å²) in [7, 11) is 3.62. The molecular formula is C15H25N3O2. The summed E-state index contributed by atoms with van der Waals surface area (Å²) in [6.45, 7) is 6.42. The van der Waals surface area contributed by atoms with Crippen molar-refractivity contribution < 1.29 is 9.53 Å². The number of amides is 1. The SMILES string of the molecule is COC1C(C)C(NC(=O)CCc2cnn(C)c2)C1(C)C. The second-order valence-electron chi connectivity index (χ2n) is 6.40. The molecule has 1 N–H and O–H groups in total. The van der Waals surface area contributed by atoms with Crippen LogP contribution in [0.4, 0.5) is 0 Å². The molecule has 2 rings (SSSR count). The van der Waals surface area contributed by atoms with E-state index in [0.29, 0.717) is 12.3 Å². The Labute approximate surface area is 120 Å². The molecule has 1 saturated carbocycles. The Balaban J connectivity index is 1.83. The number of ether oxygens (including phenoxy) is 1. The smallest absolute Gasteiger partial charge is 0.220 e. The van der Waals surface area contributed by atoms with E-state index in [0.717, 1.165) is 12.0 Å². The summed E-state index contributed by atoms with van der Waals surface area (Å²) in [5.41, 5.74) is 1.09. The molecule has 5 nitrogen and oxygen atoms in total. The van der Waals surface area contributed by atoms with Gasteiger partial charge in [0.25, 0.3) is 0 Å². The summed E-state index contributed by atoms with van der Waals surface area (Å²) in [5.74, 6) is 0.464. The summed E-state index contributed by atoms with van der Waals surface area (Å²) >= 11 is 0. The van der Waals surface area contributed by atoms with Gasteiger partial charge in [-0.3, -0.25) is 9.48 Å². The first-order valence-corrected chi connectivity index (χ1v) is 7.16. The molecule has 0 spiro atoms. The van der Waals surface area contributed by atoms with Crippen LogP contribution in [0.3, 0.4) is 0 Å². The first kappa shape index (κ1) is 15.0. The topological polar surface area (TPSA) is 56.1 Å². The monoisotopic (exact) mass is 279 g/mol. The van der Waals surface area contributed by atoms with Crippen LogP contribution >= 0.6 is 0 Å². The lowest BCUT2D eigenvalue weighted by molar-refractivity contribution is -0.154. The zero-order valence-corrected chi connectivity index (χ0v) is 13.0. The summed E-state index contributed by atoms with van der Waals surface area (Å²) in [4.78, 5) is 12.1. The van der Waals surface area contributed by atoms with Crippen LogP contribution in [0.2, 0.25) is 0 Å². The van der Waals surface area contributed by atoms with Gasteiger partial charge in [-0.1, -0.05) is 20.8 Å². The van der Waals surface area contributed by atoms with Gasteiger partial charge in [-0.05, 0) is 12.0 Å². The van der Waals surface area contributed by atoms with Crippen molar-refractivity contribution >= 4 is 5.91 Å². The van der Waals surface area contributed by atoms with Crippen molar-refractivity contribution in [2.24, 2.45) is 18.4 Å². The molecule has 1 aliphatic carbocycles. The lowest BCUT2D eigenvalue weighted by atomic mass is 9.58. The fourth-order valence-electron chi connectivity index (χ4n) is 3.53.